The summed E-state index contributed by atoms with van der Waals surface area (Å²) in [7, 11) is 5.88. The van der Waals surface area contributed by atoms with E-state index in [1.165, 1.54) is 32.1 Å². The van der Waals surface area contributed by atoms with Crippen molar-refractivity contribution in [3.63, 3.8) is 0 Å². The predicted molar refractivity (Wildman–Crippen MR) is 218 cm³/mol. The normalized spacial score (nSPS) is 13.6. The molecule has 0 rings (SSSR count). The minimum Gasteiger partial charge on any atom is -0.545 e. The number of carbonyl (C=O) groups is 3. The third-order valence-corrected chi connectivity index (χ3v) is 8.53. The topological polar surface area (TPSA) is 111 Å². The summed E-state index contributed by atoms with van der Waals surface area (Å²) >= 11 is 0. The van der Waals surface area contributed by atoms with Crippen LogP contribution in [-0.2, 0) is 33.3 Å². The average molecular weight is 760 g/mol. The minimum absolute atomic E-state index is 0.141. The number of rotatable bonds is 37. The molecule has 0 aliphatic rings. The Labute approximate surface area is 329 Å². The first-order chi connectivity index (χ1) is 26.1. The number of hydrogen-bond donors (Lipinski definition) is 0. The number of hydrogen-bond acceptors (Lipinski definition) is 8. The number of quaternary nitrogens is 1. The third kappa shape index (κ3) is 37.3. The highest BCUT2D eigenvalue weighted by Crippen LogP contribution is 2.12. The van der Waals surface area contributed by atoms with E-state index in [0.29, 0.717) is 17.4 Å². The van der Waals surface area contributed by atoms with Crippen LogP contribution in [0.2, 0.25) is 0 Å². The maximum atomic E-state index is 12.7. The van der Waals surface area contributed by atoms with Gasteiger partial charge in [0.05, 0.1) is 40.3 Å². The zero-order valence-electron chi connectivity index (χ0n) is 34.8. The zero-order valence-corrected chi connectivity index (χ0v) is 34.8. The SMILES string of the molecule is CC/C=C\C/C=C\C/C=C\C/C=C\C/C=C\CCCCCCCC(=O)OC(COC(=O)CCCCCCCCCC)COC(OCC[N+](C)(C)C)C(=O)[O-]. The van der Waals surface area contributed by atoms with Gasteiger partial charge in [0.15, 0.2) is 12.4 Å². The third-order valence-electron chi connectivity index (χ3n) is 8.53. The summed E-state index contributed by atoms with van der Waals surface area (Å²) in [5.41, 5.74) is 0. The Morgan fingerprint density at radius 3 is 1.57 bits per heavy atom. The van der Waals surface area contributed by atoms with E-state index in [1.54, 1.807) is 0 Å². The Hall–Kier alpha value is -3.01. The molecule has 0 aromatic rings. The van der Waals surface area contributed by atoms with Crippen LogP contribution in [0.4, 0.5) is 0 Å². The van der Waals surface area contributed by atoms with Crippen molar-refractivity contribution >= 4 is 17.9 Å². The monoisotopic (exact) mass is 760 g/mol. The van der Waals surface area contributed by atoms with Crippen LogP contribution in [0.25, 0.3) is 0 Å². The summed E-state index contributed by atoms with van der Waals surface area (Å²) < 4.78 is 22.4. The van der Waals surface area contributed by atoms with Crippen molar-refractivity contribution in [2.75, 3.05) is 47.5 Å². The second kappa shape index (κ2) is 36.9. The molecule has 9 nitrogen and oxygen atoms in total. The number of esters is 2. The van der Waals surface area contributed by atoms with Gasteiger partial charge in [-0.25, -0.2) is 0 Å². The van der Waals surface area contributed by atoms with Crippen LogP contribution in [0, 0.1) is 0 Å². The van der Waals surface area contributed by atoms with Gasteiger partial charge in [-0.1, -0.05) is 139 Å². The Morgan fingerprint density at radius 1 is 0.574 bits per heavy atom. The molecule has 0 heterocycles. The van der Waals surface area contributed by atoms with Gasteiger partial charge in [0.2, 0.25) is 0 Å². The molecule has 2 atom stereocenters. The van der Waals surface area contributed by atoms with Crippen LogP contribution in [0.1, 0.15) is 149 Å². The van der Waals surface area contributed by atoms with Crippen molar-refractivity contribution in [3.8, 4) is 0 Å². The minimum atomic E-state index is -1.62. The first kappa shape index (κ1) is 51.0. The summed E-state index contributed by atoms with van der Waals surface area (Å²) in [6.07, 6.45) is 39.8. The van der Waals surface area contributed by atoms with E-state index >= 15 is 0 Å². The van der Waals surface area contributed by atoms with Gasteiger partial charge in [0.1, 0.15) is 13.2 Å². The molecule has 0 radical (unpaired) electrons. The molecular formula is C45H77NO8. The molecular weight excluding hydrogens is 682 g/mol. The fourth-order valence-electron chi connectivity index (χ4n) is 5.27. The molecule has 0 N–H and O–H groups in total. The van der Waals surface area contributed by atoms with Crippen molar-refractivity contribution in [1.82, 2.24) is 0 Å². The number of aliphatic carboxylic acids is 1. The van der Waals surface area contributed by atoms with Gasteiger partial charge in [-0.05, 0) is 57.8 Å². The number of likely N-dealkylation sites (N-methyl/N-ethyl adjacent to an activating group) is 1. The van der Waals surface area contributed by atoms with Gasteiger partial charge in [-0.15, -0.1) is 0 Å². The number of carbonyl (C=O) groups excluding carboxylic acids is 3. The number of ether oxygens (including phenoxy) is 4. The first-order valence-corrected chi connectivity index (χ1v) is 20.9. The zero-order chi connectivity index (χ0) is 40.0. The molecule has 0 spiro atoms. The van der Waals surface area contributed by atoms with Gasteiger partial charge < -0.3 is 33.3 Å². The van der Waals surface area contributed by atoms with Crippen LogP contribution in [0.15, 0.2) is 60.8 Å². The lowest BCUT2D eigenvalue weighted by Crippen LogP contribution is -2.44. The van der Waals surface area contributed by atoms with Crippen molar-refractivity contribution < 1.29 is 42.9 Å². The Morgan fingerprint density at radius 2 is 1.06 bits per heavy atom. The smallest absolute Gasteiger partial charge is 0.306 e. The fourth-order valence-corrected chi connectivity index (χ4v) is 5.27. The standard InChI is InChI=1S/C45H77NO8/c1-6-8-10-12-14-16-17-18-19-20-21-22-23-24-25-26-27-28-30-32-34-36-43(48)54-41(40-53-45(44(49)50)51-38-37-46(3,4)5)39-52-42(47)35-33-31-29-15-13-11-9-7-2/h8,10,14,16,18-19,21-22,24-25,41,45H,6-7,9,11-13,15,17,20,23,26-40H2,1-5H3/b10-8-,16-14-,19-18-,22-21-,25-24-. The van der Waals surface area contributed by atoms with E-state index in [1.807, 2.05) is 21.1 Å². The van der Waals surface area contributed by atoms with Crippen molar-refractivity contribution in [1.29, 1.82) is 0 Å². The summed E-state index contributed by atoms with van der Waals surface area (Å²) in [6, 6.07) is 0. The molecule has 54 heavy (non-hydrogen) atoms. The summed E-state index contributed by atoms with van der Waals surface area (Å²) in [4.78, 5) is 36.8. The molecule has 0 aliphatic carbocycles. The molecule has 0 aliphatic heterocycles. The van der Waals surface area contributed by atoms with E-state index in [2.05, 4.69) is 74.6 Å². The molecule has 0 saturated heterocycles. The number of carboxylic acids is 1. The summed E-state index contributed by atoms with van der Waals surface area (Å²) in [6.45, 7) is 4.54. The van der Waals surface area contributed by atoms with Gasteiger partial charge in [0, 0.05) is 12.8 Å². The Balaban J connectivity index is 4.45. The van der Waals surface area contributed by atoms with Crippen LogP contribution in [0.3, 0.4) is 0 Å². The van der Waals surface area contributed by atoms with E-state index in [9.17, 15) is 19.5 Å². The fraction of sp³-hybridized carbons (Fsp3) is 0.711. The van der Waals surface area contributed by atoms with Gasteiger partial charge >= 0.3 is 11.9 Å². The molecule has 9 heteroatoms. The molecule has 0 aromatic carbocycles. The highest BCUT2D eigenvalue weighted by molar-refractivity contribution is 5.70. The molecule has 0 fully saturated rings. The maximum Gasteiger partial charge on any atom is 0.306 e. The first-order valence-electron chi connectivity index (χ1n) is 20.9. The molecule has 0 saturated carbocycles. The highest BCUT2D eigenvalue weighted by atomic mass is 16.7. The maximum absolute atomic E-state index is 12.7. The van der Waals surface area contributed by atoms with E-state index in [0.717, 1.165) is 83.5 Å². The molecule has 0 bridgehead atoms. The van der Waals surface area contributed by atoms with Crippen molar-refractivity contribution in [3.05, 3.63) is 60.8 Å². The van der Waals surface area contributed by atoms with E-state index in [-0.39, 0.29) is 38.6 Å². The molecule has 0 aromatic heterocycles. The van der Waals surface area contributed by atoms with Gasteiger partial charge in [0.25, 0.3) is 0 Å². The summed E-state index contributed by atoms with van der Waals surface area (Å²) in [5, 5.41) is 11.6. The highest BCUT2D eigenvalue weighted by Gasteiger charge is 2.21. The number of allylic oxidation sites excluding steroid dienone is 10. The molecule has 2 unspecified atom stereocenters. The quantitative estimate of drug-likeness (QED) is 0.0203. The lowest BCUT2D eigenvalue weighted by atomic mass is 10.1. The summed E-state index contributed by atoms with van der Waals surface area (Å²) in [5.74, 6) is -2.32. The second-order valence-corrected chi connectivity index (χ2v) is 14.9. The predicted octanol–water partition coefficient (Wildman–Crippen LogP) is 9.27. The molecule has 310 valence electrons. The van der Waals surface area contributed by atoms with Gasteiger partial charge in [-0.3, -0.25) is 9.59 Å². The van der Waals surface area contributed by atoms with Crippen molar-refractivity contribution in [2.24, 2.45) is 0 Å². The Bertz CT molecular complexity index is 1070. The largest absolute Gasteiger partial charge is 0.545 e. The van der Waals surface area contributed by atoms with E-state index < -0.39 is 24.3 Å². The number of nitrogens with zero attached hydrogens (tertiary/aromatic N) is 1. The average Bonchev–Trinajstić information content (AvgIpc) is 3.12. The van der Waals surface area contributed by atoms with Crippen molar-refractivity contribution in [2.45, 2.75) is 161 Å². The molecule has 0 amide bonds. The van der Waals surface area contributed by atoms with Gasteiger partial charge in [-0.2, -0.15) is 0 Å². The lowest BCUT2D eigenvalue weighted by Gasteiger charge is -2.26. The van der Waals surface area contributed by atoms with E-state index in [4.69, 9.17) is 18.9 Å². The lowest BCUT2D eigenvalue weighted by molar-refractivity contribution is -0.870. The van der Waals surface area contributed by atoms with Crippen LogP contribution >= 0.6 is 0 Å². The van der Waals surface area contributed by atoms with Crippen LogP contribution in [-0.4, -0.2) is 82.3 Å². The van der Waals surface area contributed by atoms with Crippen LogP contribution in [0.5, 0.6) is 0 Å². The Kier molecular flexibility index (Phi) is 34.9. The number of carboxylic acid groups (broad SMARTS) is 1. The number of unbranched alkanes of at least 4 members (excludes halogenated alkanes) is 12. The second-order valence-electron chi connectivity index (χ2n) is 14.9. The van der Waals surface area contributed by atoms with Crippen LogP contribution < -0.4 is 5.11 Å².